The molecule has 0 spiro atoms. The molecule has 5 nitrogen and oxygen atoms in total. The van der Waals surface area contributed by atoms with Crippen molar-refractivity contribution in [1.29, 1.82) is 0 Å². The fourth-order valence-electron chi connectivity index (χ4n) is 3.12. The van der Waals surface area contributed by atoms with Crippen molar-refractivity contribution in [2.45, 2.75) is 84.2 Å². The van der Waals surface area contributed by atoms with Crippen molar-refractivity contribution in [2.24, 2.45) is 0 Å². The average Bonchev–Trinajstić information content (AvgIpc) is 2.72. The van der Waals surface area contributed by atoms with Gasteiger partial charge in [0.15, 0.2) is 0 Å². The van der Waals surface area contributed by atoms with Gasteiger partial charge in [-0.25, -0.2) is 4.68 Å². The van der Waals surface area contributed by atoms with E-state index in [2.05, 4.69) is 17.3 Å². The highest BCUT2D eigenvalue weighted by Crippen LogP contribution is 2.16. The van der Waals surface area contributed by atoms with Crippen LogP contribution in [0, 0.1) is 0 Å². The number of aromatic nitrogens is 2. The molecule has 1 N–H and O–H groups in total. The zero-order chi connectivity index (χ0) is 16.7. The average molecular weight is 319 g/mol. The molecule has 128 valence electrons. The van der Waals surface area contributed by atoms with Gasteiger partial charge in [0.1, 0.15) is 6.54 Å². The quantitative estimate of drug-likeness (QED) is 0.620. The zero-order valence-corrected chi connectivity index (χ0v) is 14.4. The number of aryl methyl sites for hydroxylation is 2. The normalized spacial score (nSPS) is 15.6. The van der Waals surface area contributed by atoms with E-state index in [4.69, 9.17) is 0 Å². The molecule has 0 bridgehead atoms. The standard InChI is InChI=1S/C18H29N3O2/c1-3-4-6-9-14(2)19-17(22)13-21-18(23)12-15-10-7-5-8-11-16(15)20-21/h12,14H,3-11,13H2,1-2H3,(H,19,22)/t14-/m1/s1. The molecule has 0 radical (unpaired) electrons. The molecule has 1 aliphatic rings. The number of carbonyl (C=O) groups excluding carboxylic acids is 1. The molecular formula is C18H29N3O2. The molecule has 0 aromatic carbocycles. The predicted molar refractivity (Wildman–Crippen MR) is 91.5 cm³/mol. The Morgan fingerprint density at radius 2 is 2.09 bits per heavy atom. The van der Waals surface area contributed by atoms with E-state index in [1.807, 2.05) is 6.92 Å². The summed E-state index contributed by atoms with van der Waals surface area (Å²) in [7, 11) is 0. The lowest BCUT2D eigenvalue weighted by Crippen LogP contribution is -2.38. The van der Waals surface area contributed by atoms with Crippen LogP contribution in [-0.4, -0.2) is 21.7 Å². The van der Waals surface area contributed by atoms with E-state index >= 15 is 0 Å². The lowest BCUT2D eigenvalue weighted by molar-refractivity contribution is -0.122. The Morgan fingerprint density at radius 1 is 1.30 bits per heavy atom. The van der Waals surface area contributed by atoms with E-state index in [1.54, 1.807) is 6.07 Å². The smallest absolute Gasteiger partial charge is 0.267 e. The molecular weight excluding hydrogens is 290 g/mol. The third-order valence-corrected chi connectivity index (χ3v) is 4.47. The van der Waals surface area contributed by atoms with Gasteiger partial charge in [0, 0.05) is 12.1 Å². The first-order valence-electron chi connectivity index (χ1n) is 8.99. The molecule has 0 saturated heterocycles. The Kier molecular flexibility index (Phi) is 6.81. The van der Waals surface area contributed by atoms with E-state index in [-0.39, 0.29) is 24.1 Å². The summed E-state index contributed by atoms with van der Waals surface area (Å²) in [6.45, 7) is 4.20. The molecule has 1 heterocycles. The molecule has 0 aliphatic heterocycles. The first-order chi connectivity index (χ1) is 11.1. The van der Waals surface area contributed by atoms with Gasteiger partial charge in [0.05, 0.1) is 5.69 Å². The van der Waals surface area contributed by atoms with Gasteiger partial charge in [-0.15, -0.1) is 0 Å². The summed E-state index contributed by atoms with van der Waals surface area (Å²) in [4.78, 5) is 24.3. The van der Waals surface area contributed by atoms with Crippen molar-refractivity contribution in [3.8, 4) is 0 Å². The highest BCUT2D eigenvalue weighted by molar-refractivity contribution is 5.75. The van der Waals surface area contributed by atoms with Crippen molar-refractivity contribution >= 4 is 5.91 Å². The van der Waals surface area contributed by atoms with Crippen molar-refractivity contribution < 1.29 is 4.79 Å². The van der Waals surface area contributed by atoms with Crippen LogP contribution in [0.5, 0.6) is 0 Å². The van der Waals surface area contributed by atoms with E-state index in [9.17, 15) is 9.59 Å². The third-order valence-electron chi connectivity index (χ3n) is 4.47. The topological polar surface area (TPSA) is 64.0 Å². The maximum absolute atomic E-state index is 12.2. The van der Waals surface area contributed by atoms with Crippen LogP contribution < -0.4 is 10.9 Å². The highest BCUT2D eigenvalue weighted by atomic mass is 16.2. The molecule has 2 rings (SSSR count). The lowest BCUT2D eigenvalue weighted by atomic mass is 10.1. The molecule has 0 unspecified atom stereocenters. The number of fused-ring (bicyclic) bond motifs is 1. The van der Waals surface area contributed by atoms with Gasteiger partial charge in [-0.3, -0.25) is 9.59 Å². The monoisotopic (exact) mass is 319 g/mol. The summed E-state index contributed by atoms with van der Waals surface area (Å²) >= 11 is 0. The van der Waals surface area contributed by atoms with Crippen molar-refractivity contribution in [3.63, 3.8) is 0 Å². The van der Waals surface area contributed by atoms with E-state index in [0.717, 1.165) is 49.8 Å². The van der Waals surface area contributed by atoms with Crippen LogP contribution >= 0.6 is 0 Å². The van der Waals surface area contributed by atoms with Crippen LogP contribution in [0.25, 0.3) is 0 Å². The van der Waals surface area contributed by atoms with Crippen molar-refractivity contribution in [3.05, 3.63) is 27.7 Å². The Morgan fingerprint density at radius 3 is 2.87 bits per heavy atom. The van der Waals surface area contributed by atoms with Crippen LogP contribution in [0.4, 0.5) is 0 Å². The van der Waals surface area contributed by atoms with Crippen molar-refractivity contribution in [1.82, 2.24) is 15.1 Å². The number of amides is 1. The van der Waals surface area contributed by atoms with Gasteiger partial charge in [-0.1, -0.05) is 32.6 Å². The van der Waals surface area contributed by atoms with Crippen LogP contribution in [0.1, 0.15) is 70.1 Å². The second kappa shape index (κ2) is 8.85. The SMILES string of the molecule is CCCCC[C@@H](C)NC(=O)Cn1nc2c(cc1=O)CCCCC2. The summed E-state index contributed by atoms with van der Waals surface area (Å²) in [5.74, 6) is -0.128. The van der Waals surface area contributed by atoms with E-state index in [1.165, 1.54) is 23.9 Å². The summed E-state index contributed by atoms with van der Waals surface area (Å²) in [6.07, 6.45) is 9.71. The molecule has 1 atom stereocenters. The number of carbonyl (C=O) groups is 1. The molecule has 1 amide bonds. The van der Waals surface area contributed by atoms with Gasteiger partial charge in [-0.05, 0) is 44.6 Å². The molecule has 1 aromatic heterocycles. The predicted octanol–water partition coefficient (Wildman–Crippen LogP) is 2.60. The summed E-state index contributed by atoms with van der Waals surface area (Å²) in [6, 6.07) is 1.82. The van der Waals surface area contributed by atoms with Crippen LogP contribution in [0.3, 0.4) is 0 Å². The number of unbranched alkanes of at least 4 members (excludes halogenated alkanes) is 2. The summed E-state index contributed by atoms with van der Waals surface area (Å²) < 4.78 is 1.32. The Labute approximate surface area is 138 Å². The van der Waals surface area contributed by atoms with E-state index < -0.39 is 0 Å². The van der Waals surface area contributed by atoms with Gasteiger partial charge in [-0.2, -0.15) is 5.10 Å². The zero-order valence-electron chi connectivity index (χ0n) is 14.4. The summed E-state index contributed by atoms with van der Waals surface area (Å²) in [5.41, 5.74) is 1.89. The van der Waals surface area contributed by atoms with E-state index in [0.29, 0.717) is 0 Å². The number of rotatable bonds is 7. The largest absolute Gasteiger partial charge is 0.352 e. The Hall–Kier alpha value is -1.65. The number of nitrogens with zero attached hydrogens (tertiary/aromatic N) is 2. The van der Waals surface area contributed by atoms with Gasteiger partial charge in [0.25, 0.3) is 5.56 Å². The minimum atomic E-state index is -0.167. The second-order valence-electron chi connectivity index (χ2n) is 6.64. The maximum atomic E-state index is 12.2. The molecule has 23 heavy (non-hydrogen) atoms. The first-order valence-corrected chi connectivity index (χ1v) is 8.99. The van der Waals surface area contributed by atoms with Crippen LogP contribution in [0.2, 0.25) is 0 Å². The third kappa shape index (κ3) is 5.48. The Balaban J connectivity index is 1.95. The minimum absolute atomic E-state index is 0.0181. The fraction of sp³-hybridized carbons (Fsp3) is 0.722. The van der Waals surface area contributed by atoms with Gasteiger partial charge in [0.2, 0.25) is 5.91 Å². The second-order valence-corrected chi connectivity index (χ2v) is 6.64. The lowest BCUT2D eigenvalue weighted by Gasteiger charge is -2.14. The van der Waals surface area contributed by atoms with Crippen LogP contribution in [0.15, 0.2) is 10.9 Å². The molecule has 0 saturated carbocycles. The Bertz CT molecular complexity index is 580. The minimum Gasteiger partial charge on any atom is -0.352 e. The fourth-order valence-corrected chi connectivity index (χ4v) is 3.12. The van der Waals surface area contributed by atoms with Gasteiger partial charge < -0.3 is 5.32 Å². The number of nitrogens with one attached hydrogen (secondary N) is 1. The maximum Gasteiger partial charge on any atom is 0.267 e. The highest BCUT2D eigenvalue weighted by Gasteiger charge is 2.14. The summed E-state index contributed by atoms with van der Waals surface area (Å²) in [5, 5.41) is 7.41. The number of hydrogen-bond acceptors (Lipinski definition) is 3. The molecule has 5 heteroatoms. The van der Waals surface area contributed by atoms with Gasteiger partial charge >= 0.3 is 0 Å². The first kappa shape index (κ1) is 17.7. The van der Waals surface area contributed by atoms with Crippen molar-refractivity contribution in [2.75, 3.05) is 0 Å². The molecule has 0 fully saturated rings. The number of hydrogen-bond donors (Lipinski definition) is 1. The van der Waals surface area contributed by atoms with Crippen LogP contribution in [-0.2, 0) is 24.2 Å². The molecule has 1 aromatic rings. The molecule has 1 aliphatic carbocycles.